The molecule has 3 aromatic carbocycles. The van der Waals surface area contributed by atoms with E-state index in [1.165, 1.54) is 0 Å². The van der Waals surface area contributed by atoms with E-state index < -0.39 is 43.0 Å². The zero-order chi connectivity index (χ0) is 24.7. The first-order valence-corrected chi connectivity index (χ1v) is 12.0. The van der Waals surface area contributed by atoms with Crippen molar-refractivity contribution in [3.63, 3.8) is 0 Å². The SMILES string of the molecule is O=C(N[C@H]1[C@H](OCc2ccccc2)O[C@@H]2CO[C@H](c3ccccc3)O[C@@H]2[C@@H]1O)OCc1ccccc1. The lowest BCUT2D eigenvalue weighted by Gasteiger charge is -2.47. The summed E-state index contributed by atoms with van der Waals surface area (Å²) in [4.78, 5) is 12.7. The second-order valence-electron chi connectivity index (χ2n) is 8.74. The van der Waals surface area contributed by atoms with Crippen LogP contribution in [0.4, 0.5) is 4.79 Å². The summed E-state index contributed by atoms with van der Waals surface area (Å²) in [5.74, 6) is 0. The molecular formula is C28H29NO7. The Morgan fingerprint density at radius 1 is 0.861 bits per heavy atom. The number of hydrogen-bond acceptors (Lipinski definition) is 7. The van der Waals surface area contributed by atoms with Crippen LogP contribution in [0.1, 0.15) is 23.0 Å². The van der Waals surface area contributed by atoms with Crippen LogP contribution in [-0.4, -0.2) is 48.5 Å². The molecule has 0 unspecified atom stereocenters. The predicted octanol–water partition coefficient (Wildman–Crippen LogP) is 3.70. The molecule has 2 heterocycles. The van der Waals surface area contributed by atoms with Crippen LogP contribution in [0.25, 0.3) is 0 Å². The summed E-state index contributed by atoms with van der Waals surface area (Å²) >= 11 is 0. The number of ether oxygens (including phenoxy) is 5. The highest BCUT2D eigenvalue weighted by atomic mass is 16.7. The van der Waals surface area contributed by atoms with Gasteiger partial charge in [0.15, 0.2) is 12.6 Å². The highest BCUT2D eigenvalue weighted by Gasteiger charge is 2.50. The van der Waals surface area contributed by atoms with Gasteiger partial charge in [0.2, 0.25) is 0 Å². The molecule has 2 aliphatic heterocycles. The molecule has 8 nitrogen and oxygen atoms in total. The van der Waals surface area contributed by atoms with Crippen LogP contribution in [-0.2, 0) is 36.9 Å². The van der Waals surface area contributed by atoms with Crippen molar-refractivity contribution in [2.75, 3.05) is 6.61 Å². The number of nitrogens with one attached hydrogen (secondary N) is 1. The second kappa shape index (κ2) is 11.6. The number of fused-ring (bicyclic) bond motifs is 1. The van der Waals surface area contributed by atoms with E-state index >= 15 is 0 Å². The second-order valence-corrected chi connectivity index (χ2v) is 8.74. The van der Waals surface area contributed by atoms with Gasteiger partial charge in [-0.1, -0.05) is 91.0 Å². The Morgan fingerprint density at radius 3 is 2.14 bits per heavy atom. The van der Waals surface area contributed by atoms with Crippen molar-refractivity contribution in [2.24, 2.45) is 0 Å². The average Bonchev–Trinajstić information content (AvgIpc) is 2.94. The number of benzene rings is 3. The van der Waals surface area contributed by atoms with E-state index in [4.69, 9.17) is 23.7 Å². The quantitative estimate of drug-likeness (QED) is 0.520. The molecule has 2 N–H and O–H groups in total. The van der Waals surface area contributed by atoms with Crippen molar-refractivity contribution in [2.45, 2.75) is 50.1 Å². The topological polar surface area (TPSA) is 95.5 Å². The fourth-order valence-electron chi connectivity index (χ4n) is 4.32. The lowest BCUT2D eigenvalue weighted by Crippen LogP contribution is -2.66. The lowest BCUT2D eigenvalue weighted by molar-refractivity contribution is -0.345. The molecule has 36 heavy (non-hydrogen) atoms. The Kier molecular flexibility index (Phi) is 7.90. The van der Waals surface area contributed by atoms with Gasteiger partial charge < -0.3 is 34.1 Å². The lowest BCUT2D eigenvalue weighted by atomic mass is 9.96. The molecule has 2 saturated heterocycles. The van der Waals surface area contributed by atoms with E-state index in [9.17, 15) is 9.90 Å². The average molecular weight is 492 g/mol. The summed E-state index contributed by atoms with van der Waals surface area (Å²) in [6, 6.07) is 27.5. The molecule has 1 amide bonds. The largest absolute Gasteiger partial charge is 0.445 e. The Morgan fingerprint density at radius 2 is 1.47 bits per heavy atom. The van der Waals surface area contributed by atoms with E-state index in [0.29, 0.717) is 0 Å². The first kappa shape index (κ1) is 24.4. The van der Waals surface area contributed by atoms with Gasteiger partial charge in [0.25, 0.3) is 0 Å². The molecule has 0 aromatic heterocycles. The molecular weight excluding hydrogens is 462 g/mol. The number of amides is 1. The van der Waals surface area contributed by atoms with Gasteiger partial charge in [0.05, 0.1) is 13.2 Å². The molecule has 0 saturated carbocycles. The zero-order valence-corrected chi connectivity index (χ0v) is 19.6. The number of alkyl carbamates (subject to hydrolysis) is 1. The highest BCUT2D eigenvalue weighted by Crippen LogP contribution is 2.34. The first-order chi connectivity index (χ1) is 17.7. The van der Waals surface area contributed by atoms with Crippen molar-refractivity contribution in [1.82, 2.24) is 5.32 Å². The number of carbonyl (C=O) groups excluding carboxylic acids is 1. The summed E-state index contributed by atoms with van der Waals surface area (Å²) in [6.45, 7) is 0.539. The molecule has 0 aliphatic carbocycles. The van der Waals surface area contributed by atoms with Crippen LogP contribution in [0.2, 0.25) is 0 Å². The number of carbonyl (C=O) groups is 1. The molecule has 0 bridgehead atoms. The molecule has 188 valence electrons. The van der Waals surface area contributed by atoms with Crippen LogP contribution in [0, 0.1) is 0 Å². The smallest absolute Gasteiger partial charge is 0.407 e. The molecule has 3 aromatic rings. The van der Waals surface area contributed by atoms with E-state index in [2.05, 4.69) is 5.32 Å². The Balaban J connectivity index is 1.28. The fraction of sp³-hybridized carbons (Fsp3) is 0.321. The monoisotopic (exact) mass is 491 g/mol. The maximum absolute atomic E-state index is 12.7. The minimum atomic E-state index is -1.12. The highest BCUT2D eigenvalue weighted by molar-refractivity contribution is 5.67. The maximum Gasteiger partial charge on any atom is 0.407 e. The molecule has 0 radical (unpaired) electrons. The van der Waals surface area contributed by atoms with Gasteiger partial charge in [0, 0.05) is 5.56 Å². The number of rotatable bonds is 7. The van der Waals surface area contributed by atoms with Gasteiger partial charge in [-0.2, -0.15) is 0 Å². The van der Waals surface area contributed by atoms with E-state index in [-0.39, 0.29) is 19.8 Å². The van der Waals surface area contributed by atoms with Gasteiger partial charge in [-0.05, 0) is 11.1 Å². The number of aliphatic hydroxyl groups is 1. The predicted molar refractivity (Wildman–Crippen MR) is 129 cm³/mol. The normalized spacial score (nSPS) is 27.6. The van der Waals surface area contributed by atoms with Crippen molar-refractivity contribution in [1.29, 1.82) is 0 Å². The van der Waals surface area contributed by atoms with Crippen LogP contribution in [0.5, 0.6) is 0 Å². The van der Waals surface area contributed by atoms with Gasteiger partial charge in [0.1, 0.15) is 31.0 Å². The van der Waals surface area contributed by atoms with Gasteiger partial charge in [-0.3, -0.25) is 0 Å². The standard InChI is InChI=1S/C28H29NO7/c30-24-23(29-28(31)34-17-20-12-6-2-7-13-20)27(32-16-19-10-4-1-5-11-19)35-22-18-33-26(36-25(22)24)21-14-8-3-9-15-21/h1-15,22-27,30H,16-18H2,(H,29,31)/t22-,23-,24-,25+,26+,27-/m1/s1. The zero-order valence-electron chi connectivity index (χ0n) is 19.6. The molecule has 6 atom stereocenters. The van der Waals surface area contributed by atoms with Crippen LogP contribution >= 0.6 is 0 Å². The van der Waals surface area contributed by atoms with Gasteiger partial charge >= 0.3 is 6.09 Å². The summed E-state index contributed by atoms with van der Waals surface area (Å²) in [5, 5.41) is 14.1. The third-order valence-corrected chi connectivity index (χ3v) is 6.19. The summed E-state index contributed by atoms with van der Waals surface area (Å²) < 4.78 is 29.5. The van der Waals surface area contributed by atoms with E-state index in [1.807, 2.05) is 91.0 Å². The van der Waals surface area contributed by atoms with Gasteiger partial charge in [-0.15, -0.1) is 0 Å². The summed E-state index contributed by atoms with van der Waals surface area (Å²) in [5.41, 5.74) is 2.62. The minimum absolute atomic E-state index is 0.0956. The van der Waals surface area contributed by atoms with E-state index in [0.717, 1.165) is 16.7 Å². The third-order valence-electron chi connectivity index (χ3n) is 6.19. The van der Waals surface area contributed by atoms with Crippen LogP contribution in [0.3, 0.4) is 0 Å². The van der Waals surface area contributed by atoms with Crippen LogP contribution < -0.4 is 5.32 Å². The van der Waals surface area contributed by atoms with Crippen molar-refractivity contribution < 1.29 is 33.6 Å². The number of aliphatic hydroxyl groups excluding tert-OH is 1. The third kappa shape index (κ3) is 5.92. The molecule has 8 heteroatoms. The van der Waals surface area contributed by atoms with Crippen molar-refractivity contribution in [3.8, 4) is 0 Å². The Hall–Kier alpha value is -3.27. The Labute approximate surface area is 209 Å². The molecule has 0 spiro atoms. The van der Waals surface area contributed by atoms with Gasteiger partial charge in [-0.25, -0.2) is 4.79 Å². The fourth-order valence-corrected chi connectivity index (χ4v) is 4.32. The van der Waals surface area contributed by atoms with Crippen LogP contribution in [0.15, 0.2) is 91.0 Å². The van der Waals surface area contributed by atoms with E-state index in [1.54, 1.807) is 0 Å². The molecule has 2 fully saturated rings. The minimum Gasteiger partial charge on any atom is -0.445 e. The number of hydrogen-bond donors (Lipinski definition) is 2. The van der Waals surface area contributed by atoms with Crippen molar-refractivity contribution >= 4 is 6.09 Å². The molecule has 5 rings (SSSR count). The summed E-state index contributed by atoms with van der Waals surface area (Å²) in [6.07, 6.45) is -4.71. The Bertz CT molecular complexity index is 1100. The molecule has 2 aliphatic rings. The first-order valence-electron chi connectivity index (χ1n) is 12.0. The summed E-state index contributed by atoms with van der Waals surface area (Å²) in [7, 11) is 0. The van der Waals surface area contributed by atoms with Crippen molar-refractivity contribution in [3.05, 3.63) is 108 Å². The maximum atomic E-state index is 12.7.